The third kappa shape index (κ3) is 3.89. The molecule has 1 aromatic carbocycles. The SMILES string of the molecule is CCOC(=O)C(C)(C)SCc1ccccc1. The maximum atomic E-state index is 11.6. The lowest BCUT2D eigenvalue weighted by Crippen LogP contribution is -2.30. The first-order chi connectivity index (χ1) is 7.56. The predicted octanol–water partition coefficient (Wildman–Crippen LogP) is 3.26. The van der Waals surface area contributed by atoms with Crippen LogP contribution in [0.3, 0.4) is 0 Å². The van der Waals surface area contributed by atoms with Gasteiger partial charge in [0.2, 0.25) is 0 Å². The minimum Gasteiger partial charge on any atom is -0.465 e. The molecular weight excluding hydrogens is 220 g/mol. The lowest BCUT2D eigenvalue weighted by atomic mass is 10.2. The Morgan fingerprint density at radius 2 is 1.94 bits per heavy atom. The van der Waals surface area contributed by atoms with E-state index < -0.39 is 4.75 Å². The van der Waals surface area contributed by atoms with Crippen molar-refractivity contribution < 1.29 is 9.53 Å². The van der Waals surface area contributed by atoms with Gasteiger partial charge in [0.05, 0.1) is 6.61 Å². The van der Waals surface area contributed by atoms with Crippen molar-refractivity contribution in [1.82, 2.24) is 0 Å². The Balaban J connectivity index is 2.51. The molecule has 0 N–H and O–H groups in total. The second kappa shape index (κ2) is 5.94. The highest BCUT2D eigenvalue weighted by Crippen LogP contribution is 2.29. The fourth-order valence-corrected chi connectivity index (χ4v) is 2.10. The average Bonchev–Trinajstić information content (AvgIpc) is 2.28. The quantitative estimate of drug-likeness (QED) is 0.736. The number of ether oxygens (including phenoxy) is 1. The third-order valence-corrected chi connectivity index (χ3v) is 3.58. The zero-order valence-electron chi connectivity index (χ0n) is 10.0. The van der Waals surface area contributed by atoms with E-state index >= 15 is 0 Å². The van der Waals surface area contributed by atoms with Crippen LogP contribution in [-0.4, -0.2) is 17.3 Å². The zero-order valence-corrected chi connectivity index (χ0v) is 10.8. The van der Waals surface area contributed by atoms with Crippen LogP contribution in [0, 0.1) is 0 Å². The summed E-state index contributed by atoms with van der Waals surface area (Å²) >= 11 is 1.61. The molecule has 88 valence electrons. The Hall–Kier alpha value is -0.960. The summed E-state index contributed by atoms with van der Waals surface area (Å²) in [4.78, 5) is 11.6. The summed E-state index contributed by atoms with van der Waals surface area (Å²) in [6, 6.07) is 10.1. The van der Waals surface area contributed by atoms with Gasteiger partial charge in [0.25, 0.3) is 0 Å². The second-order valence-electron chi connectivity index (χ2n) is 4.01. The van der Waals surface area contributed by atoms with Crippen molar-refractivity contribution in [3.8, 4) is 0 Å². The predicted molar refractivity (Wildman–Crippen MR) is 68.4 cm³/mol. The summed E-state index contributed by atoms with van der Waals surface area (Å²) in [5.74, 6) is 0.683. The molecular formula is C13H18O2S. The number of carbonyl (C=O) groups is 1. The van der Waals surface area contributed by atoms with Gasteiger partial charge in [-0.3, -0.25) is 4.79 Å². The summed E-state index contributed by atoms with van der Waals surface area (Å²) < 4.78 is 4.56. The van der Waals surface area contributed by atoms with Crippen molar-refractivity contribution in [3.63, 3.8) is 0 Å². The van der Waals surface area contributed by atoms with E-state index in [0.717, 1.165) is 5.75 Å². The molecule has 0 bridgehead atoms. The van der Waals surface area contributed by atoms with Gasteiger partial charge in [-0.1, -0.05) is 30.3 Å². The Bertz CT molecular complexity index is 333. The summed E-state index contributed by atoms with van der Waals surface area (Å²) in [6.07, 6.45) is 0. The number of carbonyl (C=O) groups excluding carboxylic acids is 1. The van der Waals surface area contributed by atoms with E-state index in [9.17, 15) is 4.79 Å². The number of thioether (sulfide) groups is 1. The molecule has 16 heavy (non-hydrogen) atoms. The molecule has 0 saturated heterocycles. The molecule has 0 aromatic heterocycles. The Labute approximate surface area is 101 Å². The molecule has 0 spiro atoms. The van der Waals surface area contributed by atoms with Crippen LogP contribution >= 0.6 is 11.8 Å². The molecule has 0 unspecified atom stereocenters. The molecule has 0 amide bonds. The minimum absolute atomic E-state index is 0.143. The smallest absolute Gasteiger partial charge is 0.321 e. The molecule has 0 radical (unpaired) electrons. The van der Waals surface area contributed by atoms with Crippen LogP contribution in [0.25, 0.3) is 0 Å². The second-order valence-corrected chi connectivity index (χ2v) is 5.60. The van der Waals surface area contributed by atoms with Gasteiger partial charge in [0.1, 0.15) is 4.75 Å². The molecule has 3 heteroatoms. The fourth-order valence-electron chi connectivity index (χ4n) is 1.20. The van der Waals surface area contributed by atoms with Gasteiger partial charge in [-0.2, -0.15) is 0 Å². The molecule has 0 aliphatic carbocycles. The van der Waals surface area contributed by atoms with Crippen molar-refractivity contribution in [2.75, 3.05) is 6.61 Å². The van der Waals surface area contributed by atoms with Crippen molar-refractivity contribution in [2.24, 2.45) is 0 Å². The van der Waals surface area contributed by atoms with Gasteiger partial charge >= 0.3 is 5.97 Å². The van der Waals surface area contributed by atoms with Crippen molar-refractivity contribution in [1.29, 1.82) is 0 Å². The van der Waals surface area contributed by atoms with Gasteiger partial charge in [-0.05, 0) is 26.3 Å². The summed E-state index contributed by atoms with van der Waals surface area (Å²) in [5, 5.41) is 0. The van der Waals surface area contributed by atoms with E-state index in [-0.39, 0.29) is 5.97 Å². The molecule has 1 aromatic rings. The first kappa shape index (κ1) is 13.1. The van der Waals surface area contributed by atoms with E-state index in [1.807, 2.05) is 39.0 Å². The van der Waals surface area contributed by atoms with Gasteiger partial charge in [0.15, 0.2) is 0 Å². The topological polar surface area (TPSA) is 26.3 Å². The van der Waals surface area contributed by atoms with Crippen molar-refractivity contribution >= 4 is 17.7 Å². The van der Waals surface area contributed by atoms with Gasteiger partial charge in [0, 0.05) is 5.75 Å². The third-order valence-electron chi connectivity index (χ3n) is 2.21. The van der Waals surface area contributed by atoms with E-state index in [1.165, 1.54) is 5.56 Å². The van der Waals surface area contributed by atoms with E-state index in [1.54, 1.807) is 11.8 Å². The van der Waals surface area contributed by atoms with E-state index in [0.29, 0.717) is 6.61 Å². The van der Waals surface area contributed by atoms with Crippen LogP contribution in [0.4, 0.5) is 0 Å². The molecule has 0 aliphatic heterocycles. The number of hydrogen-bond acceptors (Lipinski definition) is 3. The maximum Gasteiger partial charge on any atom is 0.321 e. The highest BCUT2D eigenvalue weighted by atomic mass is 32.2. The largest absolute Gasteiger partial charge is 0.465 e. The molecule has 2 nitrogen and oxygen atoms in total. The Morgan fingerprint density at radius 1 is 1.31 bits per heavy atom. The molecule has 0 aliphatic rings. The summed E-state index contributed by atoms with van der Waals surface area (Å²) in [5.41, 5.74) is 1.23. The van der Waals surface area contributed by atoms with Crippen molar-refractivity contribution in [3.05, 3.63) is 35.9 Å². The van der Waals surface area contributed by atoms with Gasteiger partial charge in [-0.15, -0.1) is 11.8 Å². The lowest BCUT2D eigenvalue weighted by Gasteiger charge is -2.21. The monoisotopic (exact) mass is 238 g/mol. The highest BCUT2D eigenvalue weighted by molar-refractivity contribution is 8.00. The van der Waals surface area contributed by atoms with E-state index in [4.69, 9.17) is 4.74 Å². The standard InChI is InChI=1S/C13H18O2S/c1-4-15-12(14)13(2,3)16-10-11-8-6-5-7-9-11/h5-9H,4,10H2,1-3H3. The molecule has 0 atom stereocenters. The maximum absolute atomic E-state index is 11.6. The van der Waals surface area contributed by atoms with E-state index in [2.05, 4.69) is 12.1 Å². The van der Waals surface area contributed by atoms with Crippen molar-refractivity contribution in [2.45, 2.75) is 31.3 Å². The highest BCUT2D eigenvalue weighted by Gasteiger charge is 2.29. The van der Waals surface area contributed by atoms with Crippen LogP contribution in [0.5, 0.6) is 0 Å². The first-order valence-electron chi connectivity index (χ1n) is 5.41. The fraction of sp³-hybridized carbons (Fsp3) is 0.462. The molecule has 0 saturated carbocycles. The summed E-state index contributed by atoms with van der Waals surface area (Å²) in [6.45, 7) is 6.07. The minimum atomic E-state index is -0.480. The number of hydrogen-bond donors (Lipinski definition) is 0. The average molecular weight is 238 g/mol. The zero-order chi connectivity index (χ0) is 12.0. The molecule has 1 rings (SSSR count). The van der Waals surface area contributed by atoms with Gasteiger partial charge in [-0.25, -0.2) is 0 Å². The summed E-state index contributed by atoms with van der Waals surface area (Å²) in [7, 11) is 0. The number of esters is 1. The van der Waals surface area contributed by atoms with Crippen LogP contribution in [0.2, 0.25) is 0 Å². The van der Waals surface area contributed by atoms with Crippen LogP contribution in [0.15, 0.2) is 30.3 Å². The normalized spacial score (nSPS) is 11.2. The lowest BCUT2D eigenvalue weighted by molar-refractivity contribution is -0.145. The number of rotatable bonds is 5. The van der Waals surface area contributed by atoms with Gasteiger partial charge < -0.3 is 4.74 Å². The van der Waals surface area contributed by atoms with Crippen LogP contribution in [-0.2, 0) is 15.3 Å². The Morgan fingerprint density at radius 3 is 2.50 bits per heavy atom. The number of benzene rings is 1. The van der Waals surface area contributed by atoms with Crippen LogP contribution in [0.1, 0.15) is 26.3 Å². The molecule has 0 heterocycles. The Kier molecular flexibility index (Phi) is 4.87. The first-order valence-corrected chi connectivity index (χ1v) is 6.40. The molecule has 0 fully saturated rings. The van der Waals surface area contributed by atoms with Crippen LogP contribution < -0.4 is 0 Å².